The summed E-state index contributed by atoms with van der Waals surface area (Å²) in [7, 11) is -3.75. The summed E-state index contributed by atoms with van der Waals surface area (Å²) in [4.78, 5) is 35.9. The highest BCUT2D eigenvalue weighted by Crippen LogP contribution is 2.55. The van der Waals surface area contributed by atoms with Crippen molar-refractivity contribution in [3.8, 4) is 5.75 Å². The number of nitrogens with zero attached hydrogens (tertiary/aromatic N) is 2. The summed E-state index contributed by atoms with van der Waals surface area (Å²) in [6.45, 7) is 17.4. The van der Waals surface area contributed by atoms with E-state index < -0.39 is 36.2 Å². The van der Waals surface area contributed by atoms with Crippen LogP contribution in [0.2, 0.25) is 0 Å². The number of carbonyl (C=O) groups excluding carboxylic acids is 1. The zero-order valence-electron chi connectivity index (χ0n) is 28.8. The molecule has 1 saturated carbocycles. The zero-order valence-corrected chi connectivity index (χ0v) is 30.5. The van der Waals surface area contributed by atoms with Gasteiger partial charge >= 0.3 is 13.4 Å². The number of phosphoric ester groups is 1. The van der Waals surface area contributed by atoms with E-state index in [4.69, 9.17) is 32.6 Å². The summed E-state index contributed by atoms with van der Waals surface area (Å²) in [5.74, 6) is 1.53. The standard InChI is InChI=1S/C32H52N3O9PS/c1-10-13-25(26-18-24(19-27(36)42-26)39-20-23-14-15-23)33-29(37)32(9)21-46-28(34-32)22(2)35-40-16-11-12-17-41-45(38,43-30(3,4)5)44-31(6,7)8/h18-19,23,25H,10-17,20-21H2,1-9H3,(H,33,37)/b35-22+/t25-,32+/m1/s1. The number of nitrogens with one attached hydrogen (secondary N) is 1. The molecular weight excluding hydrogens is 633 g/mol. The van der Waals surface area contributed by atoms with Gasteiger partial charge < -0.3 is 19.3 Å². The molecule has 1 aliphatic heterocycles. The second-order valence-corrected chi connectivity index (χ2v) is 16.4. The minimum atomic E-state index is -3.75. The number of unbranched alkanes of at least 4 members (excludes halogenated alkanes) is 1. The topological polar surface area (TPSA) is 147 Å². The normalized spacial score (nSPS) is 19.9. The molecule has 1 N–H and O–H groups in total. The number of hydrogen-bond donors (Lipinski definition) is 1. The summed E-state index contributed by atoms with van der Waals surface area (Å²) >= 11 is 1.43. The predicted molar refractivity (Wildman–Crippen MR) is 181 cm³/mol. The lowest BCUT2D eigenvalue weighted by Crippen LogP contribution is -2.45. The van der Waals surface area contributed by atoms with Crippen LogP contribution in [0.15, 0.2) is 31.5 Å². The van der Waals surface area contributed by atoms with Crippen LogP contribution in [0.1, 0.15) is 113 Å². The van der Waals surface area contributed by atoms with E-state index in [1.165, 1.54) is 17.8 Å². The lowest BCUT2D eigenvalue weighted by Gasteiger charge is -2.30. The van der Waals surface area contributed by atoms with Gasteiger partial charge in [-0.3, -0.25) is 23.4 Å². The first-order valence-electron chi connectivity index (χ1n) is 16.0. The van der Waals surface area contributed by atoms with E-state index in [0.717, 1.165) is 19.3 Å². The van der Waals surface area contributed by atoms with Gasteiger partial charge in [0.15, 0.2) is 0 Å². The van der Waals surface area contributed by atoms with E-state index in [1.807, 2.05) is 6.92 Å². The second kappa shape index (κ2) is 16.3. The fourth-order valence-corrected chi connectivity index (χ4v) is 7.25. The Morgan fingerprint density at radius 3 is 2.41 bits per heavy atom. The highest BCUT2D eigenvalue weighted by molar-refractivity contribution is 8.16. The summed E-state index contributed by atoms with van der Waals surface area (Å²) in [6, 6.07) is 2.54. The molecule has 260 valence electrons. The first kappa shape index (κ1) is 38.3. The molecule has 14 heteroatoms. The quantitative estimate of drug-likeness (QED) is 0.0727. The van der Waals surface area contributed by atoms with Crippen LogP contribution < -0.4 is 15.7 Å². The van der Waals surface area contributed by atoms with Crippen LogP contribution >= 0.6 is 19.6 Å². The zero-order chi connectivity index (χ0) is 34.2. The number of amides is 1. The van der Waals surface area contributed by atoms with Gasteiger partial charge in [0.05, 0.1) is 36.5 Å². The van der Waals surface area contributed by atoms with Gasteiger partial charge in [0.25, 0.3) is 0 Å². The van der Waals surface area contributed by atoms with Crippen molar-refractivity contribution in [2.24, 2.45) is 16.1 Å². The maximum absolute atomic E-state index is 13.5. The molecule has 2 atom stereocenters. The van der Waals surface area contributed by atoms with Crippen molar-refractivity contribution in [2.45, 2.75) is 124 Å². The van der Waals surface area contributed by atoms with Crippen molar-refractivity contribution in [3.63, 3.8) is 0 Å². The number of aliphatic imine (C=N–C) groups is 1. The number of thioether (sulfide) groups is 1. The van der Waals surface area contributed by atoms with Crippen molar-refractivity contribution in [1.82, 2.24) is 5.32 Å². The molecule has 0 bridgehead atoms. The molecule has 46 heavy (non-hydrogen) atoms. The molecule has 2 heterocycles. The van der Waals surface area contributed by atoms with Crippen molar-refractivity contribution >= 4 is 36.2 Å². The SMILES string of the molecule is CCC[C@@H](NC(=O)[C@]1(C)CSC(/C(C)=N/OCCCCOP(=O)(OC(C)(C)C)OC(C)(C)C)=N1)c1cc(OCC2CC2)cc(=O)o1. The third-order valence-corrected chi connectivity index (χ3v) is 10.1. The lowest BCUT2D eigenvalue weighted by atomic mass is 10.0. The van der Waals surface area contributed by atoms with Gasteiger partial charge in [0, 0.05) is 11.8 Å². The van der Waals surface area contributed by atoms with Crippen molar-refractivity contribution in [1.29, 1.82) is 0 Å². The van der Waals surface area contributed by atoms with Crippen LogP contribution in [0.4, 0.5) is 0 Å². The Balaban J connectivity index is 1.51. The minimum Gasteiger partial charge on any atom is -0.493 e. The highest BCUT2D eigenvalue weighted by Gasteiger charge is 2.40. The first-order valence-corrected chi connectivity index (χ1v) is 18.5. The molecule has 1 aliphatic carbocycles. The Morgan fingerprint density at radius 1 is 1.15 bits per heavy atom. The Labute approximate surface area is 277 Å². The van der Waals surface area contributed by atoms with Gasteiger partial charge in [0.2, 0.25) is 5.91 Å². The third-order valence-electron chi connectivity index (χ3n) is 6.66. The highest BCUT2D eigenvalue weighted by atomic mass is 32.2. The number of phosphoric acid groups is 1. The van der Waals surface area contributed by atoms with E-state index in [0.29, 0.717) is 66.4 Å². The van der Waals surface area contributed by atoms with E-state index in [1.54, 1.807) is 61.5 Å². The Kier molecular flexibility index (Phi) is 13.5. The summed E-state index contributed by atoms with van der Waals surface area (Å²) in [5.41, 5.74) is -2.36. The molecule has 0 radical (unpaired) electrons. The summed E-state index contributed by atoms with van der Waals surface area (Å²) in [5, 5.41) is 7.86. The largest absolute Gasteiger partial charge is 0.493 e. The van der Waals surface area contributed by atoms with Crippen LogP contribution in [0.3, 0.4) is 0 Å². The average Bonchev–Trinajstić information content (AvgIpc) is 3.67. The van der Waals surface area contributed by atoms with Crippen LogP contribution in [-0.2, 0) is 27.8 Å². The minimum absolute atomic E-state index is 0.172. The molecule has 1 aromatic heterocycles. The second-order valence-electron chi connectivity index (χ2n) is 14.0. The molecule has 12 nitrogen and oxygen atoms in total. The monoisotopic (exact) mass is 685 g/mol. The molecule has 0 unspecified atom stereocenters. The molecule has 1 amide bonds. The lowest BCUT2D eigenvalue weighted by molar-refractivity contribution is -0.125. The van der Waals surface area contributed by atoms with Gasteiger partial charge in [-0.05, 0) is 93.4 Å². The molecule has 0 aromatic carbocycles. The fourth-order valence-electron chi connectivity index (χ4n) is 4.28. The van der Waals surface area contributed by atoms with Gasteiger partial charge in [-0.15, -0.1) is 11.8 Å². The van der Waals surface area contributed by atoms with Crippen LogP contribution in [0.25, 0.3) is 0 Å². The van der Waals surface area contributed by atoms with E-state index in [2.05, 4.69) is 10.5 Å². The number of rotatable bonds is 18. The average molecular weight is 686 g/mol. The Morgan fingerprint density at radius 2 is 1.80 bits per heavy atom. The summed E-state index contributed by atoms with van der Waals surface area (Å²) in [6.07, 6.45) is 4.80. The Hall–Kier alpha value is -2.18. The van der Waals surface area contributed by atoms with E-state index in [9.17, 15) is 14.2 Å². The maximum atomic E-state index is 13.5. The molecule has 3 rings (SSSR count). The summed E-state index contributed by atoms with van der Waals surface area (Å²) < 4.78 is 41.2. The van der Waals surface area contributed by atoms with Crippen LogP contribution in [0.5, 0.6) is 5.75 Å². The van der Waals surface area contributed by atoms with Crippen molar-refractivity contribution < 1.29 is 36.9 Å². The van der Waals surface area contributed by atoms with Crippen molar-refractivity contribution in [3.05, 3.63) is 28.3 Å². The van der Waals surface area contributed by atoms with Crippen molar-refractivity contribution in [2.75, 3.05) is 25.6 Å². The fraction of sp³-hybridized carbons (Fsp3) is 0.750. The van der Waals surface area contributed by atoms with E-state index in [-0.39, 0.29) is 12.5 Å². The molecule has 1 aromatic rings. The van der Waals surface area contributed by atoms with E-state index >= 15 is 0 Å². The molecule has 0 saturated heterocycles. The number of hydrogen-bond acceptors (Lipinski definition) is 12. The first-order chi connectivity index (χ1) is 21.4. The smallest absolute Gasteiger partial charge is 0.475 e. The molecule has 2 aliphatic rings. The molecular formula is C32H52N3O9PS. The predicted octanol–water partition coefficient (Wildman–Crippen LogP) is 7.22. The van der Waals surface area contributed by atoms with Gasteiger partial charge in [0.1, 0.15) is 34.4 Å². The molecule has 0 spiro atoms. The Bertz CT molecular complexity index is 1330. The third kappa shape index (κ3) is 13.1. The van der Waals surface area contributed by atoms with Crippen LogP contribution in [-0.4, -0.2) is 59.0 Å². The van der Waals surface area contributed by atoms with Gasteiger partial charge in [-0.1, -0.05) is 18.5 Å². The molecule has 1 fully saturated rings. The van der Waals surface area contributed by atoms with Crippen LogP contribution in [0, 0.1) is 5.92 Å². The number of oxime groups is 1. The number of carbonyl (C=O) groups is 1. The number of ether oxygens (including phenoxy) is 1. The maximum Gasteiger partial charge on any atom is 0.475 e. The van der Waals surface area contributed by atoms with Gasteiger partial charge in [-0.2, -0.15) is 0 Å². The van der Waals surface area contributed by atoms with Gasteiger partial charge in [-0.25, -0.2) is 9.36 Å².